The first-order valence-corrected chi connectivity index (χ1v) is 9.42. The van der Waals surface area contributed by atoms with Gasteiger partial charge >= 0.3 is 5.97 Å². The summed E-state index contributed by atoms with van der Waals surface area (Å²) in [5.41, 5.74) is 4.27. The SMILES string of the molecule is COC(=O)CC1=C2C(=O)N[C@@H](c3ccccc3)CC2=N[C@H](c2ccccc2)C1. The minimum atomic E-state index is -0.339. The van der Waals surface area contributed by atoms with Crippen LogP contribution in [0.2, 0.25) is 0 Å². The van der Waals surface area contributed by atoms with Gasteiger partial charge in [-0.05, 0) is 23.1 Å². The maximum Gasteiger partial charge on any atom is 0.309 e. The van der Waals surface area contributed by atoms with E-state index in [1.165, 1.54) is 7.11 Å². The molecule has 1 N–H and O–H groups in total. The van der Waals surface area contributed by atoms with Crippen molar-refractivity contribution in [2.75, 3.05) is 7.11 Å². The third-order valence-electron chi connectivity index (χ3n) is 5.30. The van der Waals surface area contributed by atoms with Crippen LogP contribution in [0, 0.1) is 0 Å². The minimum Gasteiger partial charge on any atom is -0.469 e. The highest BCUT2D eigenvalue weighted by Crippen LogP contribution is 2.38. The summed E-state index contributed by atoms with van der Waals surface area (Å²) in [6.45, 7) is 0. The second kappa shape index (κ2) is 7.80. The predicted molar refractivity (Wildman–Crippen MR) is 107 cm³/mol. The van der Waals surface area contributed by atoms with Gasteiger partial charge in [-0.3, -0.25) is 14.6 Å². The van der Waals surface area contributed by atoms with E-state index >= 15 is 0 Å². The molecule has 2 heterocycles. The summed E-state index contributed by atoms with van der Waals surface area (Å²) >= 11 is 0. The summed E-state index contributed by atoms with van der Waals surface area (Å²) in [7, 11) is 1.37. The monoisotopic (exact) mass is 374 g/mol. The zero-order valence-electron chi connectivity index (χ0n) is 15.7. The van der Waals surface area contributed by atoms with Gasteiger partial charge in [0.25, 0.3) is 5.91 Å². The first-order valence-electron chi connectivity index (χ1n) is 9.42. The van der Waals surface area contributed by atoms with Crippen LogP contribution < -0.4 is 5.32 Å². The number of dihydropyridines is 1. The van der Waals surface area contributed by atoms with Gasteiger partial charge in [0.2, 0.25) is 0 Å². The molecule has 2 aliphatic rings. The Bertz CT molecular complexity index is 948. The maximum atomic E-state index is 12.9. The van der Waals surface area contributed by atoms with Crippen molar-refractivity contribution in [3.63, 3.8) is 0 Å². The van der Waals surface area contributed by atoms with Gasteiger partial charge < -0.3 is 10.1 Å². The molecule has 142 valence electrons. The number of carbonyl (C=O) groups is 2. The number of carbonyl (C=O) groups excluding carboxylic acids is 2. The second-order valence-electron chi connectivity index (χ2n) is 7.08. The van der Waals surface area contributed by atoms with Crippen molar-refractivity contribution in [3.8, 4) is 0 Å². The fourth-order valence-electron chi connectivity index (χ4n) is 3.92. The molecule has 2 aromatic carbocycles. The van der Waals surface area contributed by atoms with Crippen molar-refractivity contribution in [1.82, 2.24) is 5.32 Å². The molecular weight excluding hydrogens is 352 g/mol. The van der Waals surface area contributed by atoms with Crippen LogP contribution in [-0.2, 0) is 14.3 Å². The van der Waals surface area contributed by atoms with Gasteiger partial charge in [-0.1, -0.05) is 60.7 Å². The highest BCUT2D eigenvalue weighted by Gasteiger charge is 2.36. The number of nitrogens with one attached hydrogen (secondary N) is 1. The molecule has 2 aliphatic heterocycles. The summed E-state index contributed by atoms with van der Waals surface area (Å²) < 4.78 is 4.85. The average Bonchev–Trinajstić information content (AvgIpc) is 2.74. The average molecular weight is 374 g/mol. The van der Waals surface area contributed by atoms with Crippen LogP contribution >= 0.6 is 0 Å². The number of ether oxygens (including phenoxy) is 1. The van der Waals surface area contributed by atoms with Crippen LogP contribution in [0.4, 0.5) is 0 Å². The van der Waals surface area contributed by atoms with Crippen LogP contribution in [0.1, 0.15) is 42.5 Å². The molecule has 5 nitrogen and oxygen atoms in total. The molecule has 1 amide bonds. The Labute approximate surface area is 164 Å². The Hall–Kier alpha value is -3.21. The number of hydrogen-bond acceptors (Lipinski definition) is 4. The highest BCUT2D eigenvalue weighted by atomic mass is 16.5. The Morgan fingerprint density at radius 3 is 2.32 bits per heavy atom. The lowest BCUT2D eigenvalue weighted by Gasteiger charge is -2.33. The predicted octanol–water partition coefficient (Wildman–Crippen LogP) is 3.69. The molecule has 4 rings (SSSR count). The standard InChI is InChI=1S/C23H22N2O3/c1-28-21(26)13-17-12-18(15-8-4-2-5-9-15)24-20-14-19(25-23(27)22(17)20)16-10-6-3-7-11-16/h2-11,18-19H,12-14H2,1H3,(H,25,27)/t18-,19+/m0/s1. The van der Waals surface area contributed by atoms with E-state index in [-0.39, 0.29) is 30.4 Å². The van der Waals surface area contributed by atoms with Crippen molar-refractivity contribution in [1.29, 1.82) is 0 Å². The molecule has 1 saturated heterocycles. The second-order valence-corrected chi connectivity index (χ2v) is 7.08. The maximum absolute atomic E-state index is 12.9. The van der Waals surface area contributed by atoms with E-state index in [2.05, 4.69) is 5.32 Å². The number of amides is 1. The third kappa shape index (κ3) is 3.60. The largest absolute Gasteiger partial charge is 0.469 e. The summed E-state index contributed by atoms with van der Waals surface area (Å²) in [6, 6.07) is 19.7. The third-order valence-corrected chi connectivity index (χ3v) is 5.30. The molecule has 2 aromatic rings. The van der Waals surface area contributed by atoms with Gasteiger partial charge in [-0.2, -0.15) is 0 Å². The van der Waals surface area contributed by atoms with Crippen LogP contribution in [-0.4, -0.2) is 24.7 Å². The first kappa shape index (κ1) is 18.2. The molecule has 0 bridgehead atoms. The van der Waals surface area contributed by atoms with Crippen molar-refractivity contribution in [3.05, 3.63) is 82.9 Å². The smallest absolute Gasteiger partial charge is 0.309 e. The van der Waals surface area contributed by atoms with Crippen molar-refractivity contribution >= 4 is 17.6 Å². The molecule has 5 heteroatoms. The molecule has 0 aromatic heterocycles. The number of esters is 1. The molecule has 2 atom stereocenters. The quantitative estimate of drug-likeness (QED) is 0.830. The van der Waals surface area contributed by atoms with E-state index in [1.807, 2.05) is 60.7 Å². The lowest BCUT2D eigenvalue weighted by Crippen LogP contribution is -2.41. The van der Waals surface area contributed by atoms with Gasteiger partial charge in [-0.15, -0.1) is 0 Å². The number of piperidine rings is 1. The molecule has 1 fully saturated rings. The first-order chi connectivity index (χ1) is 13.7. The van der Waals surface area contributed by atoms with Crippen LogP contribution in [0.15, 0.2) is 76.8 Å². The van der Waals surface area contributed by atoms with E-state index in [4.69, 9.17) is 9.73 Å². The van der Waals surface area contributed by atoms with E-state index in [0.717, 1.165) is 22.4 Å². The Balaban J connectivity index is 1.72. The topological polar surface area (TPSA) is 67.8 Å². The van der Waals surface area contributed by atoms with Gasteiger partial charge in [0, 0.05) is 6.42 Å². The van der Waals surface area contributed by atoms with E-state index in [0.29, 0.717) is 18.4 Å². The number of benzene rings is 2. The Morgan fingerprint density at radius 2 is 1.68 bits per heavy atom. The zero-order valence-corrected chi connectivity index (χ0v) is 15.7. The lowest BCUT2D eigenvalue weighted by atomic mass is 9.83. The summed E-state index contributed by atoms with van der Waals surface area (Å²) in [4.78, 5) is 29.8. The zero-order chi connectivity index (χ0) is 19.5. The summed E-state index contributed by atoms with van der Waals surface area (Å²) in [5, 5.41) is 3.08. The normalized spacial score (nSPS) is 21.5. The number of fused-ring (bicyclic) bond motifs is 1. The summed E-state index contributed by atoms with van der Waals surface area (Å²) in [6.07, 6.45) is 1.26. The highest BCUT2D eigenvalue weighted by molar-refractivity contribution is 6.24. The number of aliphatic imine (C=N–C) groups is 1. The number of rotatable bonds is 4. The Kier molecular flexibility index (Phi) is 5.06. The van der Waals surface area contributed by atoms with Gasteiger partial charge in [-0.25, -0.2) is 0 Å². The molecule has 0 radical (unpaired) electrons. The van der Waals surface area contributed by atoms with E-state index in [1.54, 1.807) is 0 Å². The van der Waals surface area contributed by atoms with Gasteiger partial charge in [0.15, 0.2) is 0 Å². The lowest BCUT2D eigenvalue weighted by molar-refractivity contribution is -0.139. The van der Waals surface area contributed by atoms with E-state index < -0.39 is 0 Å². The summed E-state index contributed by atoms with van der Waals surface area (Å²) in [5.74, 6) is -0.502. The molecular formula is C23H22N2O3. The van der Waals surface area contributed by atoms with Crippen molar-refractivity contribution in [2.24, 2.45) is 4.99 Å². The van der Waals surface area contributed by atoms with Crippen LogP contribution in [0.5, 0.6) is 0 Å². The van der Waals surface area contributed by atoms with Crippen LogP contribution in [0.3, 0.4) is 0 Å². The van der Waals surface area contributed by atoms with Crippen molar-refractivity contribution < 1.29 is 14.3 Å². The van der Waals surface area contributed by atoms with E-state index in [9.17, 15) is 9.59 Å². The number of hydrogen-bond donors (Lipinski definition) is 1. The van der Waals surface area contributed by atoms with Gasteiger partial charge in [0.1, 0.15) is 0 Å². The fraction of sp³-hybridized carbons (Fsp3) is 0.261. The molecule has 28 heavy (non-hydrogen) atoms. The van der Waals surface area contributed by atoms with Gasteiger partial charge in [0.05, 0.1) is 36.9 Å². The Morgan fingerprint density at radius 1 is 1.04 bits per heavy atom. The minimum absolute atomic E-state index is 0.0954. The molecule has 0 spiro atoms. The fourth-order valence-corrected chi connectivity index (χ4v) is 3.92. The number of methoxy groups -OCH3 is 1. The molecule has 0 aliphatic carbocycles. The van der Waals surface area contributed by atoms with Crippen LogP contribution in [0.25, 0.3) is 0 Å². The number of nitrogens with zero attached hydrogens (tertiary/aromatic N) is 1. The van der Waals surface area contributed by atoms with Crippen molar-refractivity contribution in [2.45, 2.75) is 31.3 Å². The molecule has 0 unspecified atom stereocenters. The molecule has 0 saturated carbocycles.